The number of amides is 2. The number of nitrogens with zero attached hydrogens (tertiary/aromatic N) is 1. The number of carbonyl (C=O) groups excluding carboxylic acids is 3. The predicted octanol–water partition coefficient (Wildman–Crippen LogP) is 5.37. The largest absolute Gasteiger partial charge is 0.497 e. The highest BCUT2D eigenvalue weighted by molar-refractivity contribution is 6.25. The smallest absolute Gasteiger partial charge is 0.319 e. The number of anilines is 1. The predicted molar refractivity (Wildman–Crippen MR) is 143 cm³/mol. The lowest BCUT2D eigenvalue weighted by molar-refractivity contribution is -0.142. The molecule has 186 valence electrons. The number of esters is 1. The van der Waals surface area contributed by atoms with Gasteiger partial charge in [-0.3, -0.25) is 14.4 Å². The van der Waals surface area contributed by atoms with E-state index in [1.165, 1.54) is 4.90 Å². The highest BCUT2D eigenvalue weighted by Crippen LogP contribution is 2.55. The van der Waals surface area contributed by atoms with Crippen molar-refractivity contribution in [3.8, 4) is 11.5 Å². The van der Waals surface area contributed by atoms with Crippen LogP contribution in [-0.2, 0) is 14.4 Å². The molecule has 0 unspecified atom stereocenters. The summed E-state index contributed by atoms with van der Waals surface area (Å²) in [5.74, 6) is -2.98. The molecule has 0 aromatic heterocycles. The van der Waals surface area contributed by atoms with E-state index in [-0.39, 0.29) is 17.7 Å². The van der Waals surface area contributed by atoms with Crippen molar-refractivity contribution >= 4 is 39.8 Å². The molecule has 2 aliphatic heterocycles. The molecule has 2 heterocycles. The van der Waals surface area contributed by atoms with E-state index in [0.717, 1.165) is 27.5 Å². The number of hydrogen-bond donors (Lipinski definition) is 0. The minimum Gasteiger partial charge on any atom is -0.497 e. The SMILES string of the molecule is COc1ccc(N2C(=O)[C@@H]3[C@@H]4C(=O)Oc5ccc6ccccc6c5C4=C[C@H](c4ccccc4)[C@H]3C2=O)cc1. The van der Waals surface area contributed by atoms with Crippen LogP contribution in [0.1, 0.15) is 17.0 Å². The molecular weight excluding hydrogens is 478 g/mol. The molecule has 4 atom stereocenters. The van der Waals surface area contributed by atoms with Crippen molar-refractivity contribution in [1.29, 1.82) is 0 Å². The molecule has 38 heavy (non-hydrogen) atoms. The van der Waals surface area contributed by atoms with Crippen molar-refractivity contribution in [3.63, 3.8) is 0 Å². The van der Waals surface area contributed by atoms with Crippen LogP contribution in [0.3, 0.4) is 0 Å². The third-order valence-electron chi connectivity index (χ3n) is 8.00. The number of hydrogen-bond acceptors (Lipinski definition) is 5. The fraction of sp³-hybridized carbons (Fsp3) is 0.156. The maximum atomic E-state index is 14.1. The molecule has 0 bridgehead atoms. The van der Waals surface area contributed by atoms with Gasteiger partial charge in [0.05, 0.1) is 30.6 Å². The third kappa shape index (κ3) is 3.16. The molecular formula is C32H23NO5. The first-order valence-corrected chi connectivity index (χ1v) is 12.6. The van der Waals surface area contributed by atoms with Gasteiger partial charge < -0.3 is 9.47 Å². The molecule has 1 fully saturated rings. The van der Waals surface area contributed by atoms with Gasteiger partial charge in [-0.25, -0.2) is 4.90 Å². The normalized spacial score (nSPS) is 23.9. The monoisotopic (exact) mass is 501 g/mol. The van der Waals surface area contributed by atoms with Gasteiger partial charge in [-0.15, -0.1) is 0 Å². The highest BCUT2D eigenvalue weighted by Gasteiger charge is 2.60. The summed E-state index contributed by atoms with van der Waals surface area (Å²) < 4.78 is 11.1. The number of carbonyl (C=O) groups is 3. The van der Waals surface area contributed by atoms with Gasteiger partial charge in [0.1, 0.15) is 11.5 Å². The van der Waals surface area contributed by atoms with E-state index in [1.54, 1.807) is 31.4 Å². The van der Waals surface area contributed by atoms with E-state index in [2.05, 4.69) is 0 Å². The lowest BCUT2D eigenvalue weighted by Crippen LogP contribution is -2.42. The number of allylic oxidation sites excluding steroid dienone is 1. The summed E-state index contributed by atoms with van der Waals surface area (Å²) >= 11 is 0. The number of methoxy groups -OCH3 is 1. The first-order chi connectivity index (χ1) is 18.6. The number of benzene rings is 4. The molecule has 6 heteroatoms. The summed E-state index contributed by atoms with van der Waals surface area (Å²) in [6.07, 6.45) is 2.02. The summed E-state index contributed by atoms with van der Waals surface area (Å²) in [5.41, 5.74) is 2.95. The topological polar surface area (TPSA) is 72.9 Å². The second-order valence-electron chi connectivity index (χ2n) is 9.88. The van der Waals surface area contributed by atoms with E-state index < -0.39 is 23.7 Å². The summed E-state index contributed by atoms with van der Waals surface area (Å²) in [6, 6.07) is 28.2. The third-order valence-corrected chi connectivity index (χ3v) is 8.00. The van der Waals surface area contributed by atoms with Gasteiger partial charge >= 0.3 is 5.97 Å². The Balaban J connectivity index is 1.45. The first kappa shape index (κ1) is 22.5. The Kier molecular flexibility index (Phi) is 4.98. The van der Waals surface area contributed by atoms with Gasteiger partial charge in [0, 0.05) is 11.5 Å². The van der Waals surface area contributed by atoms with Gasteiger partial charge in [-0.2, -0.15) is 0 Å². The molecule has 4 aromatic rings. The van der Waals surface area contributed by atoms with Crippen LogP contribution < -0.4 is 14.4 Å². The number of fused-ring (bicyclic) bond motifs is 7. The van der Waals surface area contributed by atoms with Gasteiger partial charge in [0.2, 0.25) is 11.8 Å². The lowest BCUT2D eigenvalue weighted by Gasteiger charge is -2.38. The highest BCUT2D eigenvalue weighted by atomic mass is 16.5. The van der Waals surface area contributed by atoms with Crippen LogP contribution in [0.2, 0.25) is 0 Å². The summed E-state index contributed by atoms with van der Waals surface area (Å²) in [6.45, 7) is 0. The van der Waals surface area contributed by atoms with Gasteiger partial charge in [-0.05, 0) is 52.2 Å². The minimum atomic E-state index is -0.880. The molecule has 0 spiro atoms. The van der Waals surface area contributed by atoms with Crippen molar-refractivity contribution in [2.75, 3.05) is 12.0 Å². The molecule has 1 saturated heterocycles. The molecule has 2 amide bonds. The molecule has 4 aromatic carbocycles. The number of rotatable bonds is 3. The fourth-order valence-corrected chi connectivity index (χ4v) is 6.32. The molecule has 0 radical (unpaired) electrons. The van der Waals surface area contributed by atoms with Crippen LogP contribution in [0.4, 0.5) is 5.69 Å². The van der Waals surface area contributed by atoms with Gasteiger partial charge in [0.15, 0.2) is 0 Å². The van der Waals surface area contributed by atoms with E-state index in [1.807, 2.05) is 72.8 Å². The van der Waals surface area contributed by atoms with Crippen LogP contribution in [0, 0.1) is 17.8 Å². The van der Waals surface area contributed by atoms with E-state index in [9.17, 15) is 14.4 Å². The number of ether oxygens (including phenoxy) is 2. The van der Waals surface area contributed by atoms with Crippen LogP contribution in [0.5, 0.6) is 11.5 Å². The number of imide groups is 1. The fourth-order valence-electron chi connectivity index (χ4n) is 6.32. The van der Waals surface area contributed by atoms with Crippen LogP contribution in [-0.4, -0.2) is 24.9 Å². The first-order valence-electron chi connectivity index (χ1n) is 12.6. The zero-order valence-electron chi connectivity index (χ0n) is 20.5. The molecule has 6 nitrogen and oxygen atoms in total. The Bertz CT molecular complexity index is 1660. The Labute approximate surface area is 219 Å². The summed E-state index contributed by atoms with van der Waals surface area (Å²) in [7, 11) is 1.56. The molecule has 0 N–H and O–H groups in total. The average Bonchev–Trinajstić information content (AvgIpc) is 3.22. The van der Waals surface area contributed by atoms with Crippen LogP contribution >= 0.6 is 0 Å². The second-order valence-corrected chi connectivity index (χ2v) is 9.88. The molecule has 7 rings (SSSR count). The Morgan fingerprint density at radius 2 is 1.47 bits per heavy atom. The second kappa shape index (κ2) is 8.42. The Morgan fingerprint density at radius 1 is 0.763 bits per heavy atom. The maximum absolute atomic E-state index is 14.1. The van der Waals surface area contributed by atoms with Crippen molar-refractivity contribution in [3.05, 3.63) is 108 Å². The quantitative estimate of drug-likeness (QED) is 0.214. The summed E-state index contributed by atoms with van der Waals surface area (Å²) in [4.78, 5) is 42.9. The van der Waals surface area contributed by atoms with Crippen molar-refractivity contribution in [2.45, 2.75) is 5.92 Å². The lowest BCUT2D eigenvalue weighted by atomic mass is 9.64. The zero-order chi connectivity index (χ0) is 26.0. The molecule has 3 aliphatic rings. The Hall–Kier alpha value is -4.71. The maximum Gasteiger partial charge on any atom is 0.319 e. The van der Waals surface area contributed by atoms with E-state index >= 15 is 0 Å². The van der Waals surface area contributed by atoms with Crippen LogP contribution in [0.25, 0.3) is 16.3 Å². The van der Waals surface area contributed by atoms with E-state index in [4.69, 9.17) is 9.47 Å². The molecule has 1 aliphatic carbocycles. The minimum absolute atomic E-state index is 0.314. The summed E-state index contributed by atoms with van der Waals surface area (Å²) in [5, 5.41) is 1.96. The van der Waals surface area contributed by atoms with Gasteiger partial charge in [-0.1, -0.05) is 66.7 Å². The zero-order valence-corrected chi connectivity index (χ0v) is 20.5. The van der Waals surface area contributed by atoms with Crippen molar-refractivity contribution in [1.82, 2.24) is 0 Å². The van der Waals surface area contributed by atoms with Crippen molar-refractivity contribution in [2.24, 2.45) is 17.8 Å². The Morgan fingerprint density at radius 3 is 2.24 bits per heavy atom. The van der Waals surface area contributed by atoms with Crippen LogP contribution in [0.15, 0.2) is 97.1 Å². The van der Waals surface area contributed by atoms with Crippen molar-refractivity contribution < 1.29 is 23.9 Å². The standard InChI is InChI=1S/C32H23NO5/c1-37-21-14-12-20(13-15-21)33-30(34)27-23(18-7-3-2-4-8-18)17-24-26-22-10-6-5-9-19(22)11-16-25(26)38-32(36)28(24)29(27)31(33)35/h2-17,23,27-29H,1H3/t23-,27-,28-,29+/m1/s1. The average molecular weight is 502 g/mol. The van der Waals surface area contributed by atoms with E-state index in [0.29, 0.717) is 17.2 Å². The molecule has 0 saturated carbocycles. The van der Waals surface area contributed by atoms with Gasteiger partial charge in [0.25, 0.3) is 0 Å².